The number of likely N-dealkylation sites (N-methyl/N-ethyl adjacent to an activating group) is 1. The summed E-state index contributed by atoms with van der Waals surface area (Å²) < 4.78 is 54.8. The summed E-state index contributed by atoms with van der Waals surface area (Å²) in [6.45, 7) is 2.10. The van der Waals surface area contributed by atoms with Crippen molar-refractivity contribution in [2.45, 2.75) is 13.1 Å². The minimum atomic E-state index is -4.74. The number of hydrogen-bond acceptors (Lipinski definition) is 7. The molecule has 0 fully saturated rings. The molecule has 0 unspecified atom stereocenters. The second-order valence-corrected chi connectivity index (χ2v) is 8.10. The lowest BCUT2D eigenvalue weighted by Crippen LogP contribution is -2.13. The van der Waals surface area contributed by atoms with Gasteiger partial charge in [-0.25, -0.2) is 14.8 Å². The molecule has 1 amide bonds. The lowest BCUT2D eigenvalue weighted by molar-refractivity contribution is -0.137. The number of anilines is 4. The Morgan fingerprint density at radius 3 is 2.54 bits per heavy atom. The third-order valence-corrected chi connectivity index (χ3v) is 4.81. The van der Waals surface area contributed by atoms with E-state index < -0.39 is 23.4 Å². The fraction of sp³-hybridized carbons (Fsp3) is 0.200. The van der Waals surface area contributed by atoms with Gasteiger partial charge < -0.3 is 15.5 Å². The average Bonchev–Trinajstić information content (AvgIpc) is 2.82. The van der Waals surface area contributed by atoms with Gasteiger partial charge in [0.15, 0.2) is 0 Å². The Morgan fingerprint density at radius 2 is 1.84 bits per heavy atom. The summed E-state index contributed by atoms with van der Waals surface area (Å²) in [5.74, 6) is -1.65. The maximum atomic E-state index is 14.0. The predicted octanol–water partition coefficient (Wildman–Crippen LogP) is 5.27. The molecule has 3 rings (SSSR count). The quantitative estimate of drug-likeness (QED) is 0.156. The highest BCUT2D eigenvalue weighted by Crippen LogP contribution is 2.35. The molecule has 37 heavy (non-hydrogen) atoms. The maximum absolute atomic E-state index is 14.0. The SMILES string of the molecule is C/C(=N\Nc1ncc(C(F)(F)F)c(Nc2cccc(NC(=O)/C=C/CN(C)C)c2)n1)c1ccccc1F. The number of hydrogen-bond donors (Lipinski definition) is 3. The number of nitrogens with one attached hydrogen (secondary N) is 3. The Labute approximate surface area is 211 Å². The van der Waals surface area contributed by atoms with Crippen molar-refractivity contribution in [1.82, 2.24) is 14.9 Å². The van der Waals surface area contributed by atoms with Crippen LogP contribution in [0, 0.1) is 5.82 Å². The maximum Gasteiger partial charge on any atom is 0.421 e. The molecule has 0 aliphatic carbocycles. The molecule has 3 aromatic rings. The third kappa shape index (κ3) is 8.10. The topological polar surface area (TPSA) is 94.5 Å². The van der Waals surface area contributed by atoms with Crippen LogP contribution in [0.2, 0.25) is 0 Å². The van der Waals surface area contributed by atoms with Gasteiger partial charge in [-0.3, -0.25) is 4.79 Å². The number of carbonyl (C=O) groups is 1. The first-order valence-electron chi connectivity index (χ1n) is 11.0. The summed E-state index contributed by atoms with van der Waals surface area (Å²) >= 11 is 0. The molecule has 194 valence electrons. The van der Waals surface area contributed by atoms with Crippen molar-refractivity contribution < 1.29 is 22.4 Å². The molecule has 0 saturated heterocycles. The summed E-state index contributed by atoms with van der Waals surface area (Å²) in [6, 6.07) is 12.1. The van der Waals surface area contributed by atoms with Gasteiger partial charge in [-0.1, -0.05) is 30.3 Å². The fourth-order valence-electron chi connectivity index (χ4n) is 3.05. The predicted molar refractivity (Wildman–Crippen MR) is 135 cm³/mol. The Hall–Kier alpha value is -4.32. The second kappa shape index (κ2) is 12.1. The molecular formula is C25H25F4N7O. The van der Waals surface area contributed by atoms with Crippen LogP contribution in [0.25, 0.3) is 0 Å². The van der Waals surface area contributed by atoms with Gasteiger partial charge in [0.2, 0.25) is 11.9 Å². The molecule has 0 saturated carbocycles. The number of nitrogens with zero attached hydrogens (tertiary/aromatic N) is 4. The van der Waals surface area contributed by atoms with Gasteiger partial charge in [0.1, 0.15) is 17.2 Å². The number of halogens is 4. The largest absolute Gasteiger partial charge is 0.421 e. The lowest BCUT2D eigenvalue weighted by Gasteiger charge is -2.15. The second-order valence-electron chi connectivity index (χ2n) is 8.10. The average molecular weight is 516 g/mol. The van der Waals surface area contributed by atoms with Crippen molar-refractivity contribution in [3.63, 3.8) is 0 Å². The molecule has 0 radical (unpaired) electrons. The highest BCUT2D eigenvalue weighted by Gasteiger charge is 2.35. The van der Waals surface area contributed by atoms with E-state index in [-0.39, 0.29) is 28.8 Å². The highest BCUT2D eigenvalue weighted by atomic mass is 19.4. The van der Waals surface area contributed by atoms with Gasteiger partial charge >= 0.3 is 6.18 Å². The van der Waals surface area contributed by atoms with Gasteiger partial charge in [-0.05, 0) is 45.3 Å². The fourth-order valence-corrected chi connectivity index (χ4v) is 3.05. The van der Waals surface area contributed by atoms with E-state index in [1.165, 1.54) is 43.3 Å². The zero-order chi connectivity index (χ0) is 27.0. The normalized spacial score (nSPS) is 12.2. The first-order chi connectivity index (χ1) is 17.5. The van der Waals surface area contributed by atoms with Gasteiger partial charge in [0.05, 0.1) is 5.71 Å². The molecule has 3 N–H and O–H groups in total. The molecule has 12 heteroatoms. The van der Waals surface area contributed by atoms with Crippen LogP contribution < -0.4 is 16.1 Å². The van der Waals surface area contributed by atoms with E-state index in [0.29, 0.717) is 18.4 Å². The zero-order valence-electron chi connectivity index (χ0n) is 20.3. The number of alkyl halides is 3. The van der Waals surface area contributed by atoms with Crippen molar-refractivity contribution in [1.29, 1.82) is 0 Å². The molecule has 0 aliphatic rings. The smallest absolute Gasteiger partial charge is 0.339 e. The molecule has 8 nitrogen and oxygen atoms in total. The summed E-state index contributed by atoms with van der Waals surface area (Å²) in [6.07, 6.45) is -1.07. The van der Waals surface area contributed by atoms with E-state index in [4.69, 9.17) is 0 Å². The van der Waals surface area contributed by atoms with Crippen LogP contribution in [-0.2, 0) is 11.0 Å². The van der Waals surface area contributed by atoms with Crippen LogP contribution in [-0.4, -0.2) is 47.1 Å². The van der Waals surface area contributed by atoms with Gasteiger partial charge in [0.25, 0.3) is 0 Å². The van der Waals surface area contributed by atoms with Crippen LogP contribution in [0.1, 0.15) is 18.1 Å². The van der Waals surface area contributed by atoms with Crippen molar-refractivity contribution in [3.05, 3.63) is 83.8 Å². The summed E-state index contributed by atoms with van der Waals surface area (Å²) in [4.78, 5) is 21.6. The monoisotopic (exact) mass is 515 g/mol. The summed E-state index contributed by atoms with van der Waals surface area (Å²) in [5.41, 5.74) is 2.45. The van der Waals surface area contributed by atoms with Crippen molar-refractivity contribution in [3.8, 4) is 0 Å². The van der Waals surface area contributed by atoms with Crippen molar-refractivity contribution >= 4 is 34.8 Å². The van der Waals surface area contributed by atoms with E-state index in [1.807, 2.05) is 19.0 Å². The zero-order valence-corrected chi connectivity index (χ0v) is 20.3. The molecule has 0 aliphatic heterocycles. The summed E-state index contributed by atoms with van der Waals surface area (Å²) in [5, 5.41) is 9.26. The van der Waals surface area contributed by atoms with Crippen LogP contribution in [0.15, 0.2) is 72.0 Å². The highest BCUT2D eigenvalue weighted by molar-refractivity contribution is 6.00. The number of rotatable bonds is 9. The number of benzene rings is 2. The Kier molecular flexibility index (Phi) is 8.90. The van der Waals surface area contributed by atoms with Gasteiger partial charge in [-0.15, -0.1) is 0 Å². The standard InChI is InChI=1S/C25H25F4N7O/c1-16(19-10-4-5-11-21(19)26)34-35-24-30-15-20(25(27,28)29)23(33-24)32-18-9-6-8-17(14-18)31-22(37)12-7-13-36(2)3/h4-12,14-15H,13H2,1-3H3,(H,31,37)(H2,30,32,33,35)/b12-7+,34-16+. The van der Waals surface area contributed by atoms with E-state index in [9.17, 15) is 22.4 Å². The van der Waals surface area contributed by atoms with Crippen LogP contribution in [0.3, 0.4) is 0 Å². The van der Waals surface area contributed by atoms with E-state index in [1.54, 1.807) is 24.3 Å². The first kappa shape index (κ1) is 27.3. The first-order valence-corrected chi connectivity index (χ1v) is 11.0. The molecule has 2 aromatic carbocycles. The van der Waals surface area contributed by atoms with Crippen molar-refractivity contribution in [2.75, 3.05) is 36.7 Å². The number of carbonyl (C=O) groups excluding carboxylic acids is 1. The molecule has 1 heterocycles. The van der Waals surface area contributed by atoms with Crippen LogP contribution >= 0.6 is 0 Å². The van der Waals surface area contributed by atoms with E-state index in [0.717, 1.165) is 0 Å². The van der Waals surface area contributed by atoms with Crippen molar-refractivity contribution in [2.24, 2.45) is 5.10 Å². The van der Waals surface area contributed by atoms with Crippen LogP contribution in [0.4, 0.5) is 40.7 Å². The minimum absolute atomic E-state index is 0.218. The molecule has 0 atom stereocenters. The molecule has 0 spiro atoms. The third-order valence-electron chi connectivity index (χ3n) is 4.81. The Morgan fingerprint density at radius 1 is 1.11 bits per heavy atom. The van der Waals surface area contributed by atoms with Gasteiger partial charge in [0, 0.05) is 35.8 Å². The molecule has 1 aromatic heterocycles. The van der Waals surface area contributed by atoms with Gasteiger partial charge in [-0.2, -0.15) is 23.3 Å². The lowest BCUT2D eigenvalue weighted by atomic mass is 10.1. The molecule has 0 bridgehead atoms. The molecular weight excluding hydrogens is 490 g/mol. The van der Waals surface area contributed by atoms with E-state index in [2.05, 4.69) is 31.1 Å². The number of aromatic nitrogens is 2. The van der Waals surface area contributed by atoms with Crippen LogP contribution in [0.5, 0.6) is 0 Å². The number of hydrazone groups is 1. The Balaban J connectivity index is 1.81. The van der Waals surface area contributed by atoms with E-state index >= 15 is 0 Å². The Bertz CT molecular complexity index is 1310. The minimum Gasteiger partial charge on any atom is -0.339 e. The number of amides is 1. The summed E-state index contributed by atoms with van der Waals surface area (Å²) in [7, 11) is 3.72.